The smallest absolute Gasteiger partial charge is 0.191 e. The topological polar surface area (TPSA) is 48.9 Å². The van der Waals surface area contributed by atoms with E-state index in [1.54, 1.807) is 14.2 Å². The van der Waals surface area contributed by atoms with Crippen molar-refractivity contribution in [3.63, 3.8) is 0 Å². The summed E-state index contributed by atoms with van der Waals surface area (Å²) in [5, 5.41) is 6.63. The lowest BCUT2D eigenvalue weighted by Crippen LogP contribution is -2.41. The molecule has 0 amide bonds. The normalized spacial score (nSPS) is 11.8. The summed E-state index contributed by atoms with van der Waals surface area (Å²) in [7, 11) is 5.60. The van der Waals surface area contributed by atoms with Crippen molar-refractivity contribution in [2.24, 2.45) is 4.99 Å². The van der Waals surface area contributed by atoms with Crippen LogP contribution in [0, 0.1) is 6.92 Å². The van der Waals surface area contributed by atoms with Gasteiger partial charge in [-0.15, -0.1) is 0 Å². The number of likely N-dealkylation sites (N-methyl/N-ethyl adjacent to an activating group) is 1. The third-order valence-corrected chi connectivity index (χ3v) is 3.27. The van der Waals surface area contributed by atoms with Crippen LogP contribution in [0.2, 0.25) is 0 Å². The van der Waals surface area contributed by atoms with Gasteiger partial charge in [-0.3, -0.25) is 4.99 Å². The summed E-state index contributed by atoms with van der Waals surface area (Å²) in [5.74, 6) is 0.829. The summed E-state index contributed by atoms with van der Waals surface area (Å²) in [6, 6.07) is 8.51. The molecule has 0 bridgehead atoms. The molecule has 1 aromatic carbocycles. The summed E-state index contributed by atoms with van der Waals surface area (Å²) >= 11 is 0. The molecule has 2 N–H and O–H groups in total. The molecule has 0 unspecified atom stereocenters. The van der Waals surface area contributed by atoms with Gasteiger partial charge in [0, 0.05) is 40.3 Å². The maximum Gasteiger partial charge on any atom is 0.191 e. The second kappa shape index (κ2) is 10.2. The molecule has 5 heteroatoms. The van der Waals surface area contributed by atoms with Gasteiger partial charge in [0.15, 0.2) is 5.96 Å². The van der Waals surface area contributed by atoms with Crippen molar-refractivity contribution in [1.29, 1.82) is 0 Å². The van der Waals surface area contributed by atoms with Gasteiger partial charge >= 0.3 is 0 Å². The molecule has 0 heterocycles. The van der Waals surface area contributed by atoms with Gasteiger partial charge < -0.3 is 20.3 Å². The van der Waals surface area contributed by atoms with Crippen molar-refractivity contribution in [2.75, 3.05) is 47.4 Å². The van der Waals surface area contributed by atoms with E-state index >= 15 is 0 Å². The van der Waals surface area contributed by atoms with Crippen molar-refractivity contribution in [1.82, 2.24) is 15.5 Å². The van der Waals surface area contributed by atoms with E-state index in [9.17, 15) is 0 Å². The van der Waals surface area contributed by atoms with Crippen molar-refractivity contribution in [3.8, 4) is 0 Å². The van der Waals surface area contributed by atoms with E-state index in [0.29, 0.717) is 0 Å². The Morgan fingerprint density at radius 1 is 1.19 bits per heavy atom. The molecule has 0 aliphatic rings. The van der Waals surface area contributed by atoms with Crippen LogP contribution < -0.4 is 10.6 Å². The van der Waals surface area contributed by atoms with Crippen molar-refractivity contribution >= 4 is 5.96 Å². The highest BCUT2D eigenvalue weighted by Crippen LogP contribution is 2.02. The predicted molar refractivity (Wildman–Crippen MR) is 88.8 cm³/mol. The number of guanidine groups is 1. The number of ether oxygens (including phenoxy) is 1. The highest BCUT2D eigenvalue weighted by molar-refractivity contribution is 5.79. The van der Waals surface area contributed by atoms with Crippen molar-refractivity contribution < 1.29 is 4.74 Å². The minimum absolute atomic E-state index is 0.761. The van der Waals surface area contributed by atoms with Gasteiger partial charge in [0.25, 0.3) is 0 Å². The van der Waals surface area contributed by atoms with Gasteiger partial charge in [-0.1, -0.05) is 29.8 Å². The molecular formula is C16H28N4O. The largest absolute Gasteiger partial charge is 0.383 e. The summed E-state index contributed by atoms with van der Waals surface area (Å²) in [6.45, 7) is 6.38. The number of aryl methyl sites for hydroxylation is 1. The summed E-state index contributed by atoms with van der Waals surface area (Å²) in [5.41, 5.74) is 2.53. The molecule has 5 nitrogen and oxygen atoms in total. The molecule has 0 fully saturated rings. The van der Waals surface area contributed by atoms with Crippen LogP contribution in [0.15, 0.2) is 29.3 Å². The van der Waals surface area contributed by atoms with Gasteiger partial charge in [-0.2, -0.15) is 0 Å². The van der Waals surface area contributed by atoms with E-state index in [2.05, 4.69) is 58.8 Å². The van der Waals surface area contributed by atoms with Crippen LogP contribution in [0.4, 0.5) is 0 Å². The Kier molecular flexibility index (Phi) is 8.47. The Hall–Kier alpha value is -1.59. The molecule has 0 aromatic heterocycles. The van der Waals surface area contributed by atoms with Crippen molar-refractivity contribution in [3.05, 3.63) is 35.4 Å². The predicted octanol–water partition coefficient (Wildman–Crippen LogP) is 1.24. The SMILES string of the molecule is CN=C(NCCN(C)CCOC)NCc1ccc(C)cc1. The Morgan fingerprint density at radius 2 is 1.90 bits per heavy atom. The first-order valence-corrected chi connectivity index (χ1v) is 7.33. The molecule has 1 rings (SSSR count). The van der Waals surface area contributed by atoms with Crippen LogP contribution in [0.3, 0.4) is 0 Å². The minimum atomic E-state index is 0.761. The summed E-state index contributed by atoms with van der Waals surface area (Å²) in [4.78, 5) is 6.46. The van der Waals surface area contributed by atoms with Crippen LogP contribution in [0.5, 0.6) is 0 Å². The zero-order chi connectivity index (χ0) is 15.5. The second-order valence-corrected chi connectivity index (χ2v) is 5.13. The lowest BCUT2D eigenvalue weighted by Gasteiger charge is -2.17. The molecule has 21 heavy (non-hydrogen) atoms. The van der Waals surface area contributed by atoms with E-state index in [1.165, 1.54) is 11.1 Å². The number of hydrogen-bond donors (Lipinski definition) is 2. The van der Waals surface area contributed by atoms with E-state index in [1.807, 2.05) is 0 Å². The Morgan fingerprint density at radius 3 is 2.52 bits per heavy atom. The van der Waals surface area contributed by atoms with Crippen LogP contribution in [0.25, 0.3) is 0 Å². The number of aliphatic imine (C=N–C) groups is 1. The molecule has 0 spiro atoms. The zero-order valence-electron chi connectivity index (χ0n) is 13.6. The standard InChI is InChI=1S/C16H28N4O/c1-14-5-7-15(8-6-14)13-19-16(17-2)18-9-10-20(3)11-12-21-4/h5-8H,9-13H2,1-4H3,(H2,17,18,19). The molecule has 0 saturated carbocycles. The fourth-order valence-electron chi connectivity index (χ4n) is 1.84. The quantitative estimate of drug-likeness (QED) is 0.559. The first-order valence-electron chi connectivity index (χ1n) is 7.33. The Balaban J connectivity index is 2.24. The van der Waals surface area contributed by atoms with Gasteiger partial charge in [0.2, 0.25) is 0 Å². The average molecular weight is 292 g/mol. The van der Waals surface area contributed by atoms with Gasteiger partial charge in [0.05, 0.1) is 6.61 Å². The molecule has 1 aromatic rings. The molecular weight excluding hydrogens is 264 g/mol. The first-order chi connectivity index (χ1) is 10.2. The number of rotatable bonds is 8. The lowest BCUT2D eigenvalue weighted by atomic mass is 10.1. The first kappa shape index (κ1) is 17.5. The molecule has 118 valence electrons. The third-order valence-electron chi connectivity index (χ3n) is 3.27. The van der Waals surface area contributed by atoms with E-state index in [0.717, 1.165) is 38.7 Å². The number of benzene rings is 1. The Bertz CT molecular complexity index is 417. The van der Waals surface area contributed by atoms with E-state index in [4.69, 9.17) is 4.74 Å². The maximum absolute atomic E-state index is 5.06. The van der Waals surface area contributed by atoms with Gasteiger partial charge in [0.1, 0.15) is 0 Å². The van der Waals surface area contributed by atoms with Crippen LogP contribution >= 0.6 is 0 Å². The molecule has 0 radical (unpaired) electrons. The van der Waals surface area contributed by atoms with Gasteiger partial charge in [-0.25, -0.2) is 0 Å². The summed E-state index contributed by atoms with van der Waals surface area (Å²) < 4.78 is 5.06. The number of hydrogen-bond acceptors (Lipinski definition) is 3. The number of methoxy groups -OCH3 is 1. The number of nitrogens with one attached hydrogen (secondary N) is 2. The lowest BCUT2D eigenvalue weighted by molar-refractivity contribution is 0.162. The monoisotopic (exact) mass is 292 g/mol. The zero-order valence-corrected chi connectivity index (χ0v) is 13.6. The molecule has 0 aliphatic carbocycles. The fraction of sp³-hybridized carbons (Fsp3) is 0.562. The van der Waals surface area contributed by atoms with Crippen molar-refractivity contribution in [2.45, 2.75) is 13.5 Å². The van der Waals surface area contributed by atoms with E-state index < -0.39 is 0 Å². The summed E-state index contributed by atoms with van der Waals surface area (Å²) in [6.07, 6.45) is 0. The highest BCUT2D eigenvalue weighted by atomic mass is 16.5. The van der Waals surface area contributed by atoms with E-state index in [-0.39, 0.29) is 0 Å². The molecule has 0 saturated heterocycles. The van der Waals surface area contributed by atoms with Crippen LogP contribution in [-0.4, -0.2) is 58.3 Å². The average Bonchev–Trinajstić information content (AvgIpc) is 2.50. The fourth-order valence-corrected chi connectivity index (χ4v) is 1.84. The van der Waals surface area contributed by atoms with Gasteiger partial charge in [-0.05, 0) is 19.5 Å². The Labute approximate surface area is 128 Å². The van der Waals surface area contributed by atoms with Crippen LogP contribution in [0.1, 0.15) is 11.1 Å². The van der Waals surface area contributed by atoms with Crippen LogP contribution in [-0.2, 0) is 11.3 Å². The third kappa shape index (κ3) is 7.68. The molecule has 0 aliphatic heterocycles. The maximum atomic E-state index is 5.06. The number of nitrogens with zero attached hydrogens (tertiary/aromatic N) is 2. The molecule has 0 atom stereocenters. The second-order valence-electron chi connectivity index (χ2n) is 5.13. The highest BCUT2D eigenvalue weighted by Gasteiger charge is 2.00. The minimum Gasteiger partial charge on any atom is -0.383 e.